The molecule has 92 valence electrons. The van der Waals surface area contributed by atoms with E-state index in [0.29, 0.717) is 16.5 Å². The van der Waals surface area contributed by atoms with Crippen molar-refractivity contribution >= 4 is 34.7 Å². The molecule has 1 aliphatic heterocycles. The predicted octanol–water partition coefficient (Wildman–Crippen LogP) is 1.15. The van der Waals surface area contributed by atoms with Gasteiger partial charge in [-0.25, -0.2) is 0 Å². The molecule has 0 bridgehead atoms. The lowest BCUT2D eigenvalue weighted by molar-refractivity contribution is -0.384. The van der Waals surface area contributed by atoms with E-state index in [0.717, 1.165) is 0 Å². The van der Waals surface area contributed by atoms with Crippen molar-refractivity contribution < 1.29 is 9.72 Å². The summed E-state index contributed by atoms with van der Waals surface area (Å²) < 4.78 is 0. The number of carbonyl (C=O) groups is 1. The van der Waals surface area contributed by atoms with Crippen LogP contribution in [0.5, 0.6) is 0 Å². The largest absolute Gasteiger partial charge is 0.303 e. The Morgan fingerprint density at radius 1 is 1.39 bits per heavy atom. The summed E-state index contributed by atoms with van der Waals surface area (Å²) in [6, 6.07) is 5.92. The van der Waals surface area contributed by atoms with Gasteiger partial charge in [0.25, 0.3) is 5.69 Å². The van der Waals surface area contributed by atoms with Crippen LogP contribution in [0.3, 0.4) is 0 Å². The van der Waals surface area contributed by atoms with E-state index >= 15 is 0 Å². The van der Waals surface area contributed by atoms with Gasteiger partial charge < -0.3 is 5.32 Å². The average molecular weight is 264 g/mol. The summed E-state index contributed by atoms with van der Waals surface area (Å²) in [7, 11) is 0. The van der Waals surface area contributed by atoms with Gasteiger partial charge in [-0.3, -0.25) is 14.9 Å². The van der Waals surface area contributed by atoms with E-state index in [1.54, 1.807) is 12.1 Å². The average Bonchev–Trinajstić information content (AvgIpc) is 2.76. The molecule has 1 saturated heterocycles. The molecule has 0 aromatic heterocycles. The third-order valence-corrected chi connectivity index (χ3v) is 2.91. The minimum Gasteiger partial charge on any atom is -0.303 e. The topological polar surface area (TPSA) is 97.0 Å². The SMILES string of the molecule is O=C1CS/C(=N\N=C\c2ccc([N+](=O)[O-])cc2)N1. The number of rotatable bonds is 3. The number of hydrogen-bond acceptors (Lipinski definition) is 6. The molecule has 0 aliphatic carbocycles. The Balaban J connectivity index is 2.01. The number of nitro groups is 1. The molecule has 0 atom stereocenters. The number of carbonyl (C=O) groups excluding carboxylic acids is 1. The van der Waals surface area contributed by atoms with E-state index in [9.17, 15) is 14.9 Å². The van der Waals surface area contributed by atoms with Gasteiger partial charge in [0.1, 0.15) is 0 Å². The van der Waals surface area contributed by atoms with Crippen molar-refractivity contribution in [2.24, 2.45) is 10.2 Å². The molecule has 1 fully saturated rings. The Bertz CT molecular complexity index is 539. The summed E-state index contributed by atoms with van der Waals surface area (Å²) in [6.45, 7) is 0. The second kappa shape index (κ2) is 5.41. The number of non-ortho nitro benzene ring substituents is 1. The Morgan fingerprint density at radius 2 is 2.11 bits per heavy atom. The molecular weight excluding hydrogens is 256 g/mol. The van der Waals surface area contributed by atoms with Crippen molar-refractivity contribution in [2.75, 3.05) is 5.75 Å². The Kier molecular flexibility index (Phi) is 3.68. The van der Waals surface area contributed by atoms with Crippen molar-refractivity contribution in [3.8, 4) is 0 Å². The molecule has 1 aromatic rings. The maximum atomic E-state index is 10.9. The predicted molar refractivity (Wildman–Crippen MR) is 68.7 cm³/mol. The van der Waals surface area contributed by atoms with Gasteiger partial charge in [-0.05, 0) is 17.7 Å². The Labute approximate surface area is 106 Å². The lowest BCUT2D eigenvalue weighted by Gasteiger charge is -1.92. The molecule has 8 heteroatoms. The summed E-state index contributed by atoms with van der Waals surface area (Å²) in [6.07, 6.45) is 1.46. The van der Waals surface area contributed by atoms with E-state index < -0.39 is 4.92 Å². The molecule has 1 N–H and O–H groups in total. The first-order chi connectivity index (χ1) is 8.65. The number of benzene rings is 1. The van der Waals surface area contributed by atoms with Crippen molar-refractivity contribution in [1.29, 1.82) is 0 Å². The van der Waals surface area contributed by atoms with E-state index in [1.165, 1.54) is 30.1 Å². The van der Waals surface area contributed by atoms with Gasteiger partial charge >= 0.3 is 0 Å². The number of hydrogen-bond donors (Lipinski definition) is 1. The van der Waals surface area contributed by atoms with E-state index in [4.69, 9.17) is 0 Å². The second-order valence-corrected chi connectivity index (χ2v) is 4.30. The van der Waals surface area contributed by atoms with Crippen LogP contribution in [0.4, 0.5) is 5.69 Å². The quantitative estimate of drug-likeness (QED) is 0.503. The van der Waals surface area contributed by atoms with Crippen molar-refractivity contribution in [1.82, 2.24) is 5.32 Å². The number of nitro benzene ring substituents is 1. The normalized spacial score (nSPS) is 17.3. The minimum atomic E-state index is -0.466. The fourth-order valence-corrected chi connectivity index (χ4v) is 1.84. The minimum absolute atomic E-state index is 0.0251. The monoisotopic (exact) mass is 264 g/mol. The molecule has 7 nitrogen and oxygen atoms in total. The van der Waals surface area contributed by atoms with Gasteiger partial charge in [0.05, 0.1) is 16.9 Å². The smallest absolute Gasteiger partial charge is 0.269 e. The summed E-state index contributed by atoms with van der Waals surface area (Å²) in [5.41, 5.74) is 0.719. The zero-order valence-corrected chi connectivity index (χ0v) is 9.88. The van der Waals surface area contributed by atoms with Crippen LogP contribution in [0.1, 0.15) is 5.56 Å². The lowest BCUT2D eigenvalue weighted by Crippen LogP contribution is -2.19. The third kappa shape index (κ3) is 3.14. The highest BCUT2D eigenvalue weighted by Gasteiger charge is 2.15. The molecule has 1 amide bonds. The highest BCUT2D eigenvalue weighted by Crippen LogP contribution is 2.11. The van der Waals surface area contributed by atoms with Crippen LogP contribution in [-0.2, 0) is 4.79 Å². The first-order valence-electron chi connectivity index (χ1n) is 4.93. The van der Waals surface area contributed by atoms with E-state index in [-0.39, 0.29) is 11.6 Å². The maximum Gasteiger partial charge on any atom is 0.269 e. The highest BCUT2D eigenvalue weighted by atomic mass is 32.2. The molecule has 18 heavy (non-hydrogen) atoms. The van der Waals surface area contributed by atoms with Crippen LogP contribution in [0.2, 0.25) is 0 Å². The molecule has 1 aromatic carbocycles. The third-order valence-electron chi connectivity index (χ3n) is 2.05. The summed E-state index contributed by atoms with van der Waals surface area (Å²) >= 11 is 1.28. The number of amidine groups is 1. The van der Waals surface area contributed by atoms with Crippen LogP contribution in [0.25, 0.3) is 0 Å². The highest BCUT2D eigenvalue weighted by molar-refractivity contribution is 8.15. The van der Waals surface area contributed by atoms with E-state index in [2.05, 4.69) is 15.5 Å². The van der Waals surface area contributed by atoms with Crippen LogP contribution in [0.15, 0.2) is 34.5 Å². The summed E-state index contributed by atoms with van der Waals surface area (Å²) in [5, 5.41) is 21.0. The Hall–Kier alpha value is -2.22. The molecule has 0 unspecified atom stereocenters. The molecule has 0 spiro atoms. The van der Waals surface area contributed by atoms with Crippen LogP contribution < -0.4 is 5.32 Å². The fourth-order valence-electron chi connectivity index (χ4n) is 1.21. The lowest BCUT2D eigenvalue weighted by atomic mass is 10.2. The first-order valence-corrected chi connectivity index (χ1v) is 5.92. The van der Waals surface area contributed by atoms with E-state index in [1.807, 2.05) is 0 Å². The second-order valence-electron chi connectivity index (χ2n) is 3.34. The zero-order valence-electron chi connectivity index (χ0n) is 9.07. The van der Waals surface area contributed by atoms with Crippen LogP contribution >= 0.6 is 11.8 Å². The number of nitrogens with zero attached hydrogens (tertiary/aromatic N) is 3. The molecular formula is C10H8N4O3S. The van der Waals surface area contributed by atoms with Crippen molar-refractivity contribution in [3.63, 3.8) is 0 Å². The van der Waals surface area contributed by atoms with Gasteiger partial charge in [0.2, 0.25) is 5.91 Å². The number of amides is 1. The Morgan fingerprint density at radius 3 is 2.67 bits per heavy atom. The molecule has 0 radical (unpaired) electrons. The van der Waals surface area contributed by atoms with Crippen molar-refractivity contribution in [2.45, 2.75) is 0 Å². The zero-order chi connectivity index (χ0) is 13.0. The number of thioether (sulfide) groups is 1. The first kappa shape index (κ1) is 12.2. The molecule has 1 aliphatic rings. The maximum absolute atomic E-state index is 10.9. The molecule has 0 saturated carbocycles. The van der Waals surface area contributed by atoms with Gasteiger partial charge in [0.15, 0.2) is 5.17 Å². The number of nitrogens with one attached hydrogen (secondary N) is 1. The fraction of sp³-hybridized carbons (Fsp3) is 0.100. The van der Waals surface area contributed by atoms with Crippen LogP contribution in [-0.4, -0.2) is 28.0 Å². The molecule has 1 heterocycles. The van der Waals surface area contributed by atoms with Gasteiger partial charge in [0, 0.05) is 12.1 Å². The standard InChI is InChI=1S/C10H8N4O3S/c15-9-6-18-10(12-9)13-11-5-7-1-3-8(4-2-7)14(16)17/h1-5H,6H2,(H,12,13,15)/b11-5+. The molecule has 2 rings (SSSR count). The van der Waals surface area contributed by atoms with Gasteiger partial charge in [-0.2, -0.15) is 5.10 Å². The van der Waals surface area contributed by atoms with Crippen molar-refractivity contribution in [3.05, 3.63) is 39.9 Å². The van der Waals surface area contributed by atoms with Gasteiger partial charge in [-0.1, -0.05) is 11.8 Å². The van der Waals surface area contributed by atoms with Crippen LogP contribution in [0, 0.1) is 10.1 Å². The summed E-state index contributed by atoms with van der Waals surface area (Å²) in [5.74, 6) is 0.260. The summed E-state index contributed by atoms with van der Waals surface area (Å²) in [4.78, 5) is 20.8. The van der Waals surface area contributed by atoms with Gasteiger partial charge in [-0.15, -0.1) is 5.10 Å².